The molecule has 1 atom stereocenters. The Kier molecular flexibility index (Phi) is 5.81. The first-order chi connectivity index (χ1) is 17.5. The van der Waals surface area contributed by atoms with Crippen LogP contribution in [0.15, 0.2) is 36.7 Å². The van der Waals surface area contributed by atoms with Gasteiger partial charge < -0.3 is 19.5 Å². The number of hydrogen-bond acceptors (Lipinski definition) is 7. The number of aliphatic hydroxyl groups excluding tert-OH is 1. The molecule has 1 amide bonds. The van der Waals surface area contributed by atoms with Crippen LogP contribution in [0.5, 0.6) is 5.88 Å². The van der Waals surface area contributed by atoms with Crippen molar-refractivity contribution in [1.82, 2.24) is 25.1 Å². The summed E-state index contributed by atoms with van der Waals surface area (Å²) in [5.74, 6) is 0.522. The Bertz CT molecular complexity index is 1440. The smallest absolute Gasteiger partial charge is 0.251 e. The van der Waals surface area contributed by atoms with E-state index in [1.165, 1.54) is 6.92 Å². The number of pyridine rings is 2. The number of benzene rings is 1. The second-order valence-electron chi connectivity index (χ2n) is 9.76. The van der Waals surface area contributed by atoms with Gasteiger partial charge in [-0.1, -0.05) is 0 Å². The van der Waals surface area contributed by atoms with E-state index in [9.17, 15) is 9.90 Å². The van der Waals surface area contributed by atoms with E-state index in [2.05, 4.69) is 27.3 Å². The van der Waals surface area contributed by atoms with Crippen LogP contribution in [0.3, 0.4) is 0 Å². The lowest BCUT2D eigenvalue weighted by atomic mass is 9.87. The summed E-state index contributed by atoms with van der Waals surface area (Å²) in [5, 5.41) is 19.9. The first-order valence-corrected chi connectivity index (χ1v) is 12.4. The van der Waals surface area contributed by atoms with E-state index in [0.717, 1.165) is 57.0 Å². The lowest BCUT2D eigenvalue weighted by Gasteiger charge is -2.39. The number of carbonyl (C=O) groups is 1. The second-order valence-corrected chi connectivity index (χ2v) is 9.76. The van der Waals surface area contributed by atoms with Gasteiger partial charge in [0.2, 0.25) is 5.88 Å². The number of rotatable bonds is 5. The van der Waals surface area contributed by atoms with Crippen molar-refractivity contribution < 1.29 is 19.4 Å². The number of aromatic amines is 1. The van der Waals surface area contributed by atoms with E-state index in [1.807, 2.05) is 31.5 Å². The molecule has 0 bridgehead atoms. The fourth-order valence-electron chi connectivity index (χ4n) is 5.21. The minimum atomic E-state index is -1.01. The Labute approximate surface area is 208 Å². The summed E-state index contributed by atoms with van der Waals surface area (Å²) in [4.78, 5) is 23.3. The minimum Gasteiger partial charge on any atom is -0.470 e. The highest BCUT2D eigenvalue weighted by molar-refractivity contribution is 6.06. The first-order valence-electron chi connectivity index (χ1n) is 12.4. The van der Waals surface area contributed by atoms with Gasteiger partial charge in [-0.25, -0.2) is 4.98 Å². The number of amides is 1. The molecule has 0 radical (unpaired) electrons. The maximum absolute atomic E-state index is 12.1. The molecule has 0 spiro atoms. The van der Waals surface area contributed by atoms with Crippen molar-refractivity contribution in [2.45, 2.75) is 44.8 Å². The van der Waals surface area contributed by atoms with Crippen molar-refractivity contribution in [2.75, 3.05) is 26.3 Å². The molecular formula is C27H29N5O4. The van der Waals surface area contributed by atoms with Crippen molar-refractivity contribution >= 4 is 27.6 Å². The molecule has 1 aromatic carbocycles. The standard InChI is InChI=1S/C27H29N5O4/c1-15-9-18(3-6-28-15)24-21-10-19-12-29-31-23(19)11-22(21)26(30-25(24)17-4-7-35-8-5-17)36-20-13-32(14-20)27(34)16(2)33/h3,6,9-12,16-17,20,33H,4-5,7-8,13-14H2,1-2H3,(H,29,31)/t16-/m1/s1. The Morgan fingerprint density at radius 3 is 2.78 bits per heavy atom. The Balaban J connectivity index is 1.50. The van der Waals surface area contributed by atoms with E-state index >= 15 is 0 Å². The summed E-state index contributed by atoms with van der Waals surface area (Å²) in [6, 6.07) is 8.34. The molecule has 2 saturated heterocycles. The number of ether oxygens (including phenoxy) is 2. The highest BCUT2D eigenvalue weighted by atomic mass is 16.5. The molecule has 6 rings (SSSR count). The van der Waals surface area contributed by atoms with E-state index in [4.69, 9.17) is 14.5 Å². The number of aliphatic hydroxyl groups is 1. The van der Waals surface area contributed by atoms with Gasteiger partial charge in [0.15, 0.2) is 0 Å². The van der Waals surface area contributed by atoms with E-state index in [0.29, 0.717) is 32.2 Å². The number of nitrogens with one attached hydrogen (secondary N) is 1. The van der Waals surface area contributed by atoms with Crippen LogP contribution in [0.4, 0.5) is 0 Å². The molecule has 2 fully saturated rings. The fraction of sp³-hybridized carbons (Fsp3) is 0.407. The minimum absolute atomic E-state index is 0.183. The lowest BCUT2D eigenvalue weighted by molar-refractivity contribution is -0.148. The van der Waals surface area contributed by atoms with Crippen molar-refractivity contribution in [3.8, 4) is 17.0 Å². The second kappa shape index (κ2) is 9.15. The third kappa shape index (κ3) is 4.08. The number of nitrogens with zero attached hydrogens (tertiary/aromatic N) is 4. The lowest BCUT2D eigenvalue weighted by Crippen LogP contribution is -2.58. The summed E-state index contributed by atoms with van der Waals surface area (Å²) in [6.07, 6.45) is 4.26. The molecule has 0 unspecified atom stereocenters. The van der Waals surface area contributed by atoms with Crippen LogP contribution in [0.25, 0.3) is 32.8 Å². The largest absolute Gasteiger partial charge is 0.470 e. The molecule has 186 valence electrons. The average Bonchev–Trinajstić information content (AvgIpc) is 3.32. The van der Waals surface area contributed by atoms with Crippen LogP contribution >= 0.6 is 0 Å². The predicted octanol–water partition coefficient (Wildman–Crippen LogP) is 3.35. The molecule has 9 nitrogen and oxygen atoms in total. The van der Waals surface area contributed by atoms with Gasteiger partial charge in [0.1, 0.15) is 12.2 Å². The molecule has 2 N–H and O–H groups in total. The highest BCUT2D eigenvalue weighted by Gasteiger charge is 2.35. The maximum Gasteiger partial charge on any atom is 0.251 e. The number of H-pyrrole nitrogens is 1. The van der Waals surface area contributed by atoms with Gasteiger partial charge in [-0.2, -0.15) is 5.10 Å². The van der Waals surface area contributed by atoms with Gasteiger partial charge in [0, 0.05) is 47.4 Å². The molecule has 0 aliphatic carbocycles. The Morgan fingerprint density at radius 1 is 1.22 bits per heavy atom. The summed E-state index contributed by atoms with van der Waals surface area (Å²) in [6.45, 7) is 5.75. The zero-order valence-corrected chi connectivity index (χ0v) is 20.4. The van der Waals surface area contributed by atoms with E-state index in [1.54, 1.807) is 4.90 Å². The van der Waals surface area contributed by atoms with Gasteiger partial charge in [-0.05, 0) is 61.9 Å². The monoisotopic (exact) mass is 487 g/mol. The summed E-state index contributed by atoms with van der Waals surface area (Å²) < 4.78 is 12.1. The van der Waals surface area contributed by atoms with Gasteiger partial charge >= 0.3 is 0 Å². The summed E-state index contributed by atoms with van der Waals surface area (Å²) in [7, 11) is 0. The van der Waals surface area contributed by atoms with E-state index < -0.39 is 6.10 Å². The Hall–Kier alpha value is -3.56. The number of likely N-dealkylation sites (tertiary alicyclic amines) is 1. The van der Waals surface area contributed by atoms with Crippen LogP contribution in [0.1, 0.15) is 37.1 Å². The zero-order chi connectivity index (χ0) is 24.8. The van der Waals surface area contributed by atoms with Crippen LogP contribution in [-0.2, 0) is 9.53 Å². The molecule has 5 heterocycles. The van der Waals surface area contributed by atoms with Gasteiger partial charge in [-0.15, -0.1) is 0 Å². The van der Waals surface area contributed by atoms with Gasteiger partial charge in [0.05, 0.1) is 30.5 Å². The highest BCUT2D eigenvalue weighted by Crippen LogP contribution is 2.43. The fourth-order valence-corrected chi connectivity index (χ4v) is 5.21. The van der Waals surface area contributed by atoms with Crippen molar-refractivity contribution in [2.24, 2.45) is 0 Å². The molecule has 2 aliphatic rings. The van der Waals surface area contributed by atoms with Gasteiger partial charge in [0.25, 0.3) is 5.91 Å². The van der Waals surface area contributed by atoms with E-state index in [-0.39, 0.29) is 17.9 Å². The predicted molar refractivity (Wildman–Crippen MR) is 135 cm³/mol. The summed E-state index contributed by atoms with van der Waals surface area (Å²) >= 11 is 0. The molecule has 3 aromatic heterocycles. The van der Waals surface area contributed by atoms with Crippen LogP contribution < -0.4 is 4.74 Å². The number of hydrogen-bond donors (Lipinski definition) is 2. The van der Waals surface area contributed by atoms with Crippen molar-refractivity contribution in [3.05, 3.63) is 48.0 Å². The molecule has 4 aromatic rings. The quantitative estimate of drug-likeness (QED) is 0.444. The van der Waals surface area contributed by atoms with Crippen LogP contribution in [-0.4, -0.2) is 74.6 Å². The molecular weight excluding hydrogens is 458 g/mol. The third-order valence-electron chi connectivity index (χ3n) is 7.14. The molecule has 9 heteroatoms. The number of aromatic nitrogens is 4. The van der Waals surface area contributed by atoms with Gasteiger partial charge in [-0.3, -0.25) is 14.9 Å². The zero-order valence-electron chi connectivity index (χ0n) is 20.4. The average molecular weight is 488 g/mol. The third-order valence-corrected chi connectivity index (χ3v) is 7.14. The normalized spacial score (nSPS) is 17.9. The van der Waals surface area contributed by atoms with Crippen LogP contribution in [0.2, 0.25) is 0 Å². The number of carbonyl (C=O) groups excluding carboxylic acids is 1. The topological polar surface area (TPSA) is 113 Å². The first kappa shape index (κ1) is 22.9. The van der Waals surface area contributed by atoms with Crippen molar-refractivity contribution in [1.29, 1.82) is 0 Å². The molecule has 36 heavy (non-hydrogen) atoms. The summed E-state index contributed by atoms with van der Waals surface area (Å²) in [5.41, 5.74) is 5.03. The Morgan fingerprint density at radius 2 is 2.03 bits per heavy atom. The molecule has 2 aliphatic heterocycles. The van der Waals surface area contributed by atoms with Crippen molar-refractivity contribution in [3.63, 3.8) is 0 Å². The molecule has 0 saturated carbocycles. The number of aryl methyl sites for hydroxylation is 1. The SMILES string of the molecule is Cc1cc(-c2c(C3CCOCC3)nc(OC3CN(C(=O)[C@@H](C)O)C3)c3cc4[nH]ncc4cc23)ccn1. The number of fused-ring (bicyclic) bond motifs is 2. The maximum atomic E-state index is 12.1. The van der Waals surface area contributed by atoms with Crippen LogP contribution in [0, 0.1) is 6.92 Å².